The van der Waals surface area contributed by atoms with Crippen LogP contribution in [-0.4, -0.2) is 25.2 Å². The van der Waals surface area contributed by atoms with Crippen LogP contribution in [0.5, 0.6) is 0 Å². The first-order valence-corrected chi connectivity index (χ1v) is 5.81. The van der Waals surface area contributed by atoms with Gasteiger partial charge in [-0.25, -0.2) is 0 Å². The fourth-order valence-electron chi connectivity index (χ4n) is 2.56. The molecular weight excluding hydrogens is 160 g/mol. The number of nitrogens with one attached hydrogen (secondary N) is 2. The summed E-state index contributed by atoms with van der Waals surface area (Å²) in [5.74, 6) is 0.974. The molecule has 2 fully saturated rings. The first-order valence-electron chi connectivity index (χ1n) is 5.81. The minimum atomic E-state index is 0.799. The highest BCUT2D eigenvalue weighted by atomic mass is 15.0. The molecule has 0 aromatic rings. The topological polar surface area (TPSA) is 24.1 Å². The molecule has 1 aliphatic heterocycles. The summed E-state index contributed by atoms with van der Waals surface area (Å²) in [5, 5.41) is 7.24. The van der Waals surface area contributed by atoms with E-state index in [9.17, 15) is 0 Å². The van der Waals surface area contributed by atoms with Crippen LogP contribution in [0.4, 0.5) is 0 Å². The molecule has 1 heterocycles. The van der Waals surface area contributed by atoms with Crippen LogP contribution in [-0.2, 0) is 0 Å². The van der Waals surface area contributed by atoms with E-state index in [0.717, 1.165) is 18.0 Å². The molecular formula is C11H22N2. The molecule has 0 bridgehead atoms. The molecule has 0 radical (unpaired) electrons. The number of rotatable bonds is 2. The lowest BCUT2D eigenvalue weighted by molar-refractivity contribution is 0.216. The van der Waals surface area contributed by atoms with Gasteiger partial charge in [-0.05, 0) is 51.1 Å². The Hall–Kier alpha value is -0.0800. The van der Waals surface area contributed by atoms with E-state index in [1.807, 2.05) is 0 Å². The molecule has 2 N–H and O–H groups in total. The van der Waals surface area contributed by atoms with Gasteiger partial charge in [-0.1, -0.05) is 6.92 Å². The predicted octanol–water partition coefficient (Wildman–Crippen LogP) is 1.52. The van der Waals surface area contributed by atoms with Crippen molar-refractivity contribution < 1.29 is 0 Å². The maximum atomic E-state index is 3.79. The van der Waals surface area contributed by atoms with Gasteiger partial charge in [-0.2, -0.15) is 0 Å². The molecule has 0 aromatic carbocycles. The summed E-state index contributed by atoms with van der Waals surface area (Å²) in [6.07, 6.45) is 6.86. The Kier molecular flexibility index (Phi) is 3.23. The predicted molar refractivity (Wildman–Crippen MR) is 55.8 cm³/mol. The van der Waals surface area contributed by atoms with Crippen molar-refractivity contribution in [3.8, 4) is 0 Å². The first-order chi connectivity index (χ1) is 6.34. The molecule has 0 spiro atoms. The van der Waals surface area contributed by atoms with Gasteiger partial charge in [0.2, 0.25) is 0 Å². The Morgan fingerprint density at radius 1 is 1.08 bits per heavy atom. The van der Waals surface area contributed by atoms with Gasteiger partial charge in [-0.15, -0.1) is 0 Å². The third-order valence-corrected chi connectivity index (χ3v) is 3.42. The Labute approximate surface area is 81.5 Å². The van der Waals surface area contributed by atoms with Crippen LogP contribution in [0.25, 0.3) is 0 Å². The molecule has 2 nitrogen and oxygen atoms in total. The van der Waals surface area contributed by atoms with E-state index < -0.39 is 0 Å². The van der Waals surface area contributed by atoms with Crippen molar-refractivity contribution in [2.24, 2.45) is 5.92 Å². The summed E-state index contributed by atoms with van der Waals surface area (Å²) < 4.78 is 0. The molecule has 1 unspecified atom stereocenters. The van der Waals surface area contributed by atoms with Crippen LogP contribution in [0.2, 0.25) is 0 Å². The highest BCUT2D eigenvalue weighted by molar-refractivity contribution is 4.86. The van der Waals surface area contributed by atoms with Gasteiger partial charge in [0.1, 0.15) is 0 Å². The molecule has 0 amide bonds. The van der Waals surface area contributed by atoms with Crippen molar-refractivity contribution in [1.29, 1.82) is 0 Å². The molecule has 2 rings (SSSR count). The van der Waals surface area contributed by atoms with Gasteiger partial charge in [-0.3, -0.25) is 0 Å². The van der Waals surface area contributed by atoms with E-state index in [-0.39, 0.29) is 0 Å². The Morgan fingerprint density at radius 2 is 1.92 bits per heavy atom. The first kappa shape index (κ1) is 9.47. The van der Waals surface area contributed by atoms with E-state index >= 15 is 0 Å². The maximum Gasteiger partial charge on any atom is 0.00822 e. The van der Waals surface area contributed by atoms with Crippen molar-refractivity contribution in [1.82, 2.24) is 10.6 Å². The summed E-state index contributed by atoms with van der Waals surface area (Å²) in [4.78, 5) is 0. The zero-order valence-electron chi connectivity index (χ0n) is 8.68. The smallest absolute Gasteiger partial charge is 0.00822 e. The fraction of sp³-hybridized carbons (Fsp3) is 1.00. The number of hydrogen-bond donors (Lipinski definition) is 2. The van der Waals surface area contributed by atoms with E-state index in [0.29, 0.717) is 0 Å². The highest BCUT2D eigenvalue weighted by Gasteiger charge is 2.27. The lowest BCUT2D eigenvalue weighted by Gasteiger charge is -2.36. The average molecular weight is 182 g/mol. The minimum Gasteiger partial charge on any atom is -0.317 e. The summed E-state index contributed by atoms with van der Waals surface area (Å²) in [6, 6.07) is 1.64. The Balaban J connectivity index is 1.67. The third-order valence-electron chi connectivity index (χ3n) is 3.42. The van der Waals surface area contributed by atoms with Gasteiger partial charge in [0.25, 0.3) is 0 Å². The van der Waals surface area contributed by atoms with E-state index in [2.05, 4.69) is 17.6 Å². The van der Waals surface area contributed by atoms with E-state index in [1.54, 1.807) is 0 Å². The highest BCUT2D eigenvalue weighted by Crippen LogP contribution is 2.27. The standard InChI is InChI=1S/C11H22N2/c1-9-7-11(8-9)13-10-3-2-5-12-6-4-10/h9-13H,2-8H2,1H3. The van der Waals surface area contributed by atoms with Crippen molar-refractivity contribution in [3.05, 3.63) is 0 Å². The molecule has 1 atom stereocenters. The van der Waals surface area contributed by atoms with E-state index in [1.165, 1.54) is 45.2 Å². The second-order valence-corrected chi connectivity index (χ2v) is 4.82. The van der Waals surface area contributed by atoms with Crippen molar-refractivity contribution in [2.75, 3.05) is 13.1 Å². The molecule has 1 saturated heterocycles. The lowest BCUT2D eigenvalue weighted by Crippen LogP contribution is -2.45. The summed E-state index contributed by atoms with van der Waals surface area (Å²) in [6.45, 7) is 4.78. The third kappa shape index (κ3) is 2.68. The molecule has 76 valence electrons. The van der Waals surface area contributed by atoms with Crippen molar-refractivity contribution >= 4 is 0 Å². The minimum absolute atomic E-state index is 0.799. The normalized spacial score (nSPS) is 40.8. The van der Waals surface area contributed by atoms with Crippen LogP contribution in [0.15, 0.2) is 0 Å². The van der Waals surface area contributed by atoms with Crippen LogP contribution in [0, 0.1) is 5.92 Å². The van der Waals surface area contributed by atoms with Crippen LogP contribution in [0.1, 0.15) is 39.0 Å². The molecule has 2 heteroatoms. The zero-order chi connectivity index (χ0) is 9.10. The molecule has 0 aromatic heterocycles. The molecule has 2 aliphatic rings. The zero-order valence-corrected chi connectivity index (χ0v) is 8.68. The molecule has 1 saturated carbocycles. The van der Waals surface area contributed by atoms with Crippen molar-refractivity contribution in [2.45, 2.75) is 51.1 Å². The van der Waals surface area contributed by atoms with Crippen molar-refractivity contribution in [3.63, 3.8) is 0 Å². The summed E-state index contributed by atoms with van der Waals surface area (Å²) >= 11 is 0. The second-order valence-electron chi connectivity index (χ2n) is 4.82. The van der Waals surface area contributed by atoms with Gasteiger partial charge in [0, 0.05) is 12.1 Å². The van der Waals surface area contributed by atoms with Gasteiger partial charge in [0.05, 0.1) is 0 Å². The Morgan fingerprint density at radius 3 is 2.69 bits per heavy atom. The van der Waals surface area contributed by atoms with Gasteiger partial charge in [0.15, 0.2) is 0 Å². The van der Waals surface area contributed by atoms with Gasteiger partial charge >= 0.3 is 0 Å². The molecule has 1 aliphatic carbocycles. The molecule has 13 heavy (non-hydrogen) atoms. The Bertz CT molecular complexity index is 144. The second kappa shape index (κ2) is 4.43. The SMILES string of the molecule is CC1CC(NC2CCCNCC2)C1. The van der Waals surface area contributed by atoms with Crippen LogP contribution >= 0.6 is 0 Å². The lowest BCUT2D eigenvalue weighted by atomic mass is 9.81. The van der Waals surface area contributed by atoms with Crippen LogP contribution in [0.3, 0.4) is 0 Å². The quantitative estimate of drug-likeness (QED) is 0.676. The van der Waals surface area contributed by atoms with Gasteiger partial charge < -0.3 is 10.6 Å². The number of hydrogen-bond acceptors (Lipinski definition) is 2. The van der Waals surface area contributed by atoms with Crippen LogP contribution < -0.4 is 10.6 Å². The average Bonchev–Trinajstić information content (AvgIpc) is 2.30. The van der Waals surface area contributed by atoms with E-state index in [4.69, 9.17) is 0 Å². The summed E-state index contributed by atoms with van der Waals surface area (Å²) in [5.41, 5.74) is 0. The largest absolute Gasteiger partial charge is 0.317 e. The summed E-state index contributed by atoms with van der Waals surface area (Å²) in [7, 11) is 0. The monoisotopic (exact) mass is 182 g/mol. The fourth-order valence-corrected chi connectivity index (χ4v) is 2.56. The maximum absolute atomic E-state index is 3.79.